The second kappa shape index (κ2) is 6.79. The first-order valence-corrected chi connectivity index (χ1v) is 8.15. The average molecular weight is 344 g/mol. The number of H-pyrrole nitrogens is 1. The van der Waals surface area contributed by atoms with Crippen LogP contribution in [0, 0.1) is 6.92 Å². The fourth-order valence-electron chi connectivity index (χ4n) is 2.20. The molecule has 0 spiro atoms. The van der Waals surface area contributed by atoms with Crippen LogP contribution in [0.15, 0.2) is 35.7 Å². The van der Waals surface area contributed by atoms with Crippen molar-refractivity contribution in [2.45, 2.75) is 12.1 Å². The van der Waals surface area contributed by atoms with Crippen LogP contribution in [0.1, 0.15) is 5.56 Å². The van der Waals surface area contributed by atoms with Gasteiger partial charge in [0.2, 0.25) is 5.91 Å². The largest absolute Gasteiger partial charge is 0.504 e. The number of pyridine rings is 1. The third-order valence-electron chi connectivity index (χ3n) is 3.36. The molecule has 0 atom stereocenters. The number of hydrogen-bond donors (Lipinski definition) is 3. The molecule has 0 fully saturated rings. The number of aryl methyl sites for hydroxylation is 1. The van der Waals surface area contributed by atoms with Crippen molar-refractivity contribution in [3.63, 3.8) is 0 Å². The van der Waals surface area contributed by atoms with Crippen molar-refractivity contribution in [2.24, 2.45) is 0 Å². The summed E-state index contributed by atoms with van der Waals surface area (Å²) in [5.74, 6) is 0.357. The molecule has 0 aliphatic heterocycles. The van der Waals surface area contributed by atoms with E-state index in [1.165, 1.54) is 24.9 Å². The van der Waals surface area contributed by atoms with Crippen LogP contribution in [0.3, 0.4) is 0 Å². The van der Waals surface area contributed by atoms with Crippen molar-refractivity contribution < 1.29 is 14.6 Å². The van der Waals surface area contributed by atoms with Crippen LogP contribution in [-0.4, -0.2) is 38.8 Å². The van der Waals surface area contributed by atoms with Gasteiger partial charge in [0.1, 0.15) is 0 Å². The Bertz CT molecular complexity index is 894. The maximum atomic E-state index is 12.1. The van der Waals surface area contributed by atoms with E-state index in [0.717, 1.165) is 16.6 Å². The van der Waals surface area contributed by atoms with Gasteiger partial charge in [-0.1, -0.05) is 11.8 Å². The molecular formula is C16H16N4O3S. The van der Waals surface area contributed by atoms with Gasteiger partial charge >= 0.3 is 0 Å². The Morgan fingerprint density at radius 1 is 1.42 bits per heavy atom. The van der Waals surface area contributed by atoms with Gasteiger partial charge in [-0.25, -0.2) is 4.98 Å². The Morgan fingerprint density at radius 2 is 2.25 bits per heavy atom. The second-order valence-corrected chi connectivity index (χ2v) is 6.08. The quantitative estimate of drug-likeness (QED) is 0.486. The summed E-state index contributed by atoms with van der Waals surface area (Å²) in [5, 5.41) is 13.0. The van der Waals surface area contributed by atoms with Gasteiger partial charge in [-0.3, -0.25) is 9.78 Å². The number of hydrogen-bond acceptors (Lipinski definition) is 6. The number of imidazole rings is 1. The number of fused-ring (bicyclic) bond motifs is 1. The Hall–Kier alpha value is -2.74. The third-order valence-corrected chi connectivity index (χ3v) is 4.23. The minimum atomic E-state index is -0.178. The van der Waals surface area contributed by atoms with E-state index >= 15 is 0 Å². The summed E-state index contributed by atoms with van der Waals surface area (Å²) in [6.45, 7) is 1.94. The fourth-order valence-corrected chi connectivity index (χ4v) is 2.88. The number of carbonyl (C=O) groups is 1. The van der Waals surface area contributed by atoms with E-state index in [1.807, 2.05) is 6.92 Å². The molecule has 0 saturated carbocycles. The topological polar surface area (TPSA) is 100 Å². The standard InChI is InChI=1S/C16H16N4O3S/c1-9-6-17-7-11-15(9)20-16(19-11)24-8-14(22)18-10-3-4-12(21)13(5-10)23-2/h3-7,21H,8H2,1-2H3,(H,18,22)(H,19,20). The number of nitrogens with one attached hydrogen (secondary N) is 2. The number of carbonyl (C=O) groups excluding carboxylic acids is 1. The smallest absolute Gasteiger partial charge is 0.234 e. The van der Waals surface area contributed by atoms with Gasteiger partial charge in [0, 0.05) is 18.0 Å². The highest BCUT2D eigenvalue weighted by Crippen LogP contribution is 2.28. The monoisotopic (exact) mass is 344 g/mol. The van der Waals surface area contributed by atoms with E-state index in [-0.39, 0.29) is 17.4 Å². The number of amides is 1. The average Bonchev–Trinajstić information content (AvgIpc) is 2.99. The molecule has 0 unspecified atom stereocenters. The van der Waals surface area contributed by atoms with Gasteiger partial charge in [0.05, 0.1) is 30.1 Å². The Kier molecular flexibility index (Phi) is 4.57. The Labute approximate surface area is 142 Å². The van der Waals surface area contributed by atoms with Crippen LogP contribution in [-0.2, 0) is 4.79 Å². The molecule has 8 heteroatoms. The highest BCUT2D eigenvalue weighted by atomic mass is 32.2. The number of thioether (sulfide) groups is 1. The third kappa shape index (κ3) is 3.43. The minimum absolute atomic E-state index is 0.0242. The maximum absolute atomic E-state index is 12.1. The molecule has 24 heavy (non-hydrogen) atoms. The maximum Gasteiger partial charge on any atom is 0.234 e. The highest BCUT2D eigenvalue weighted by Gasteiger charge is 2.10. The normalized spacial score (nSPS) is 10.8. The van der Waals surface area contributed by atoms with E-state index in [9.17, 15) is 9.90 Å². The molecule has 2 heterocycles. The zero-order valence-electron chi connectivity index (χ0n) is 13.2. The summed E-state index contributed by atoms with van der Waals surface area (Å²) in [6, 6.07) is 4.64. The number of phenolic OH excluding ortho intramolecular Hbond substituents is 1. The van der Waals surface area contributed by atoms with Crippen LogP contribution in [0.5, 0.6) is 11.5 Å². The first-order valence-electron chi connectivity index (χ1n) is 7.17. The Balaban J connectivity index is 1.63. The van der Waals surface area contributed by atoms with Crippen LogP contribution in [0.2, 0.25) is 0 Å². The van der Waals surface area contributed by atoms with E-state index in [2.05, 4.69) is 20.3 Å². The first-order chi connectivity index (χ1) is 11.6. The number of benzene rings is 1. The van der Waals surface area contributed by atoms with Crippen LogP contribution < -0.4 is 10.1 Å². The van der Waals surface area contributed by atoms with Gasteiger partial charge in [-0.2, -0.15) is 0 Å². The van der Waals surface area contributed by atoms with Crippen molar-refractivity contribution >= 4 is 34.4 Å². The molecule has 0 aliphatic rings. The lowest BCUT2D eigenvalue weighted by molar-refractivity contribution is -0.113. The van der Waals surface area contributed by atoms with Gasteiger partial charge in [-0.05, 0) is 24.6 Å². The van der Waals surface area contributed by atoms with E-state index in [4.69, 9.17) is 4.74 Å². The molecule has 0 aliphatic carbocycles. The predicted octanol–water partition coefficient (Wildman–Crippen LogP) is 2.71. The molecule has 2 aromatic heterocycles. The number of rotatable bonds is 5. The number of aromatic hydroxyl groups is 1. The minimum Gasteiger partial charge on any atom is -0.504 e. The van der Waals surface area contributed by atoms with Crippen molar-refractivity contribution in [1.82, 2.24) is 15.0 Å². The molecule has 7 nitrogen and oxygen atoms in total. The summed E-state index contributed by atoms with van der Waals surface area (Å²) in [6.07, 6.45) is 3.46. The van der Waals surface area contributed by atoms with Gasteiger partial charge in [0.25, 0.3) is 0 Å². The van der Waals surface area contributed by atoms with Crippen LogP contribution >= 0.6 is 11.8 Å². The molecule has 1 aromatic carbocycles. The van der Waals surface area contributed by atoms with Crippen molar-refractivity contribution in [2.75, 3.05) is 18.2 Å². The number of phenols is 1. The number of nitrogens with zero attached hydrogens (tertiary/aromatic N) is 2. The molecule has 3 aromatic rings. The zero-order chi connectivity index (χ0) is 17.1. The molecule has 1 amide bonds. The highest BCUT2D eigenvalue weighted by molar-refractivity contribution is 7.99. The molecule has 0 radical (unpaired) electrons. The molecular weight excluding hydrogens is 328 g/mol. The molecule has 124 valence electrons. The van der Waals surface area contributed by atoms with Gasteiger partial charge in [0.15, 0.2) is 16.7 Å². The van der Waals surface area contributed by atoms with Crippen molar-refractivity contribution in [3.05, 3.63) is 36.2 Å². The van der Waals surface area contributed by atoms with Gasteiger partial charge in [-0.15, -0.1) is 0 Å². The van der Waals surface area contributed by atoms with Crippen molar-refractivity contribution in [3.8, 4) is 11.5 Å². The lowest BCUT2D eigenvalue weighted by Crippen LogP contribution is -2.14. The molecule has 3 N–H and O–H groups in total. The van der Waals surface area contributed by atoms with E-state index in [1.54, 1.807) is 24.5 Å². The number of anilines is 1. The lowest BCUT2D eigenvalue weighted by Gasteiger charge is -2.07. The summed E-state index contributed by atoms with van der Waals surface area (Å²) in [5.41, 5.74) is 3.24. The number of aromatic nitrogens is 3. The lowest BCUT2D eigenvalue weighted by atomic mass is 10.3. The molecule has 0 saturated heterocycles. The summed E-state index contributed by atoms with van der Waals surface area (Å²) < 4.78 is 5.01. The van der Waals surface area contributed by atoms with Crippen LogP contribution in [0.4, 0.5) is 5.69 Å². The first kappa shape index (κ1) is 16.1. The van der Waals surface area contributed by atoms with E-state index < -0.39 is 0 Å². The summed E-state index contributed by atoms with van der Waals surface area (Å²) >= 11 is 1.31. The van der Waals surface area contributed by atoms with Gasteiger partial charge < -0.3 is 20.1 Å². The molecule has 0 bridgehead atoms. The number of aromatic amines is 1. The van der Waals surface area contributed by atoms with Crippen LogP contribution in [0.25, 0.3) is 11.0 Å². The number of methoxy groups -OCH3 is 1. The summed E-state index contributed by atoms with van der Waals surface area (Å²) in [4.78, 5) is 23.8. The fraction of sp³-hybridized carbons (Fsp3) is 0.188. The van der Waals surface area contributed by atoms with Crippen molar-refractivity contribution in [1.29, 1.82) is 0 Å². The summed E-state index contributed by atoms with van der Waals surface area (Å²) in [7, 11) is 1.45. The Morgan fingerprint density at radius 3 is 3.00 bits per heavy atom. The second-order valence-electron chi connectivity index (χ2n) is 5.12. The zero-order valence-corrected chi connectivity index (χ0v) is 14.0. The SMILES string of the molecule is COc1cc(NC(=O)CSc2nc3c(C)cncc3[nH]2)ccc1O. The predicted molar refractivity (Wildman–Crippen MR) is 92.6 cm³/mol. The van der Waals surface area contributed by atoms with E-state index in [0.29, 0.717) is 16.6 Å². The number of ether oxygens (including phenoxy) is 1. The molecule has 3 rings (SSSR count).